The number of aryl methyl sites for hydroxylation is 1. The van der Waals surface area contributed by atoms with Crippen molar-refractivity contribution in [3.05, 3.63) is 29.3 Å². The zero-order chi connectivity index (χ0) is 19.6. The van der Waals surface area contributed by atoms with Crippen molar-refractivity contribution in [2.45, 2.75) is 58.2 Å². The molecule has 3 rings (SSSR count). The van der Waals surface area contributed by atoms with Gasteiger partial charge in [-0.1, -0.05) is 0 Å². The molecule has 1 atom stereocenters. The van der Waals surface area contributed by atoms with Crippen LogP contribution in [0.2, 0.25) is 0 Å². The Morgan fingerprint density at radius 3 is 2.74 bits per heavy atom. The standard InChI is InChI=1S/C20H26N2O5/c1-20(2,3)27-18(24)21-11-15-12-22(19(25)26-15)14-8-9-16-13(10-14)6-4-5-7-17(16)23/h8-10,15H,4-7,11-12H2,1-3H3,(H,21,24). The summed E-state index contributed by atoms with van der Waals surface area (Å²) in [4.78, 5) is 37.7. The molecule has 0 spiro atoms. The van der Waals surface area contributed by atoms with Crippen LogP contribution in [0.4, 0.5) is 15.3 Å². The fourth-order valence-corrected chi connectivity index (χ4v) is 3.31. The molecule has 1 aliphatic heterocycles. The molecule has 27 heavy (non-hydrogen) atoms. The molecule has 1 N–H and O–H groups in total. The van der Waals surface area contributed by atoms with Crippen LogP contribution in [0, 0.1) is 0 Å². The normalized spacial score (nSPS) is 20.0. The van der Waals surface area contributed by atoms with Crippen LogP contribution in [0.5, 0.6) is 0 Å². The highest BCUT2D eigenvalue weighted by molar-refractivity contribution is 5.99. The van der Waals surface area contributed by atoms with E-state index in [-0.39, 0.29) is 12.3 Å². The van der Waals surface area contributed by atoms with E-state index in [1.165, 1.54) is 4.90 Å². The van der Waals surface area contributed by atoms with Gasteiger partial charge in [0, 0.05) is 17.7 Å². The lowest BCUT2D eigenvalue weighted by atomic mass is 10.0. The number of anilines is 1. The molecule has 146 valence electrons. The first kappa shape index (κ1) is 19.2. The van der Waals surface area contributed by atoms with E-state index in [9.17, 15) is 14.4 Å². The molecule has 1 unspecified atom stereocenters. The molecule has 0 radical (unpaired) electrons. The molecule has 7 nitrogen and oxygen atoms in total. The summed E-state index contributed by atoms with van der Waals surface area (Å²) in [6, 6.07) is 5.49. The number of amides is 2. The van der Waals surface area contributed by atoms with Crippen molar-refractivity contribution >= 4 is 23.7 Å². The molecule has 2 amide bonds. The summed E-state index contributed by atoms with van der Waals surface area (Å²) in [5.41, 5.74) is 1.88. The lowest BCUT2D eigenvalue weighted by Gasteiger charge is -2.20. The maximum absolute atomic E-state index is 12.3. The van der Waals surface area contributed by atoms with Crippen LogP contribution in [-0.2, 0) is 15.9 Å². The molecule has 1 saturated heterocycles. The van der Waals surface area contributed by atoms with Crippen molar-refractivity contribution in [2.75, 3.05) is 18.0 Å². The maximum atomic E-state index is 12.3. The van der Waals surface area contributed by atoms with Gasteiger partial charge < -0.3 is 14.8 Å². The van der Waals surface area contributed by atoms with Gasteiger partial charge in [-0.2, -0.15) is 0 Å². The van der Waals surface area contributed by atoms with Gasteiger partial charge in [0.25, 0.3) is 0 Å². The third kappa shape index (κ3) is 4.78. The summed E-state index contributed by atoms with van der Waals surface area (Å²) in [5.74, 6) is 0.164. The minimum absolute atomic E-state index is 0.164. The Hall–Kier alpha value is -2.57. The number of ketones is 1. The molecular formula is C20H26N2O5. The minimum Gasteiger partial charge on any atom is -0.444 e. The van der Waals surface area contributed by atoms with Gasteiger partial charge in [0.1, 0.15) is 11.7 Å². The van der Waals surface area contributed by atoms with E-state index in [0.29, 0.717) is 18.7 Å². The van der Waals surface area contributed by atoms with Crippen LogP contribution in [0.25, 0.3) is 0 Å². The van der Waals surface area contributed by atoms with Crippen LogP contribution in [0.1, 0.15) is 56.0 Å². The van der Waals surface area contributed by atoms with Gasteiger partial charge in [-0.15, -0.1) is 0 Å². The number of ether oxygens (including phenoxy) is 2. The number of nitrogens with one attached hydrogen (secondary N) is 1. The van der Waals surface area contributed by atoms with Crippen LogP contribution >= 0.6 is 0 Å². The number of hydrogen-bond donors (Lipinski definition) is 1. The van der Waals surface area contributed by atoms with E-state index < -0.39 is 23.9 Å². The van der Waals surface area contributed by atoms with Gasteiger partial charge in [0.2, 0.25) is 0 Å². The summed E-state index contributed by atoms with van der Waals surface area (Å²) >= 11 is 0. The van der Waals surface area contributed by atoms with Gasteiger partial charge in [-0.3, -0.25) is 9.69 Å². The van der Waals surface area contributed by atoms with Gasteiger partial charge in [-0.05, 0) is 63.8 Å². The topological polar surface area (TPSA) is 84.9 Å². The average Bonchev–Trinajstić information content (AvgIpc) is 2.85. The minimum atomic E-state index is -0.582. The van der Waals surface area contributed by atoms with Crippen molar-refractivity contribution in [3.8, 4) is 0 Å². The highest BCUT2D eigenvalue weighted by Crippen LogP contribution is 2.28. The molecule has 0 bridgehead atoms. The zero-order valence-electron chi connectivity index (χ0n) is 16.0. The molecule has 1 fully saturated rings. The number of alkyl carbamates (subject to hydrolysis) is 1. The number of cyclic esters (lactones) is 1. The van der Waals surface area contributed by atoms with E-state index in [0.717, 1.165) is 30.4 Å². The average molecular weight is 374 g/mol. The second-order valence-electron chi connectivity index (χ2n) is 7.97. The van der Waals surface area contributed by atoms with E-state index in [1.54, 1.807) is 32.9 Å². The zero-order valence-corrected chi connectivity index (χ0v) is 16.0. The van der Waals surface area contributed by atoms with Crippen LogP contribution in [-0.4, -0.2) is 42.8 Å². The smallest absolute Gasteiger partial charge is 0.414 e. The molecule has 7 heteroatoms. The summed E-state index contributed by atoms with van der Waals surface area (Å²) in [7, 11) is 0. The molecule has 0 saturated carbocycles. The van der Waals surface area contributed by atoms with Crippen molar-refractivity contribution in [2.24, 2.45) is 0 Å². The van der Waals surface area contributed by atoms with Gasteiger partial charge >= 0.3 is 12.2 Å². The summed E-state index contributed by atoms with van der Waals surface area (Å²) in [6.45, 7) is 5.87. The number of rotatable bonds is 3. The molecule has 1 heterocycles. The monoisotopic (exact) mass is 374 g/mol. The Kier molecular flexibility index (Phi) is 5.39. The van der Waals surface area contributed by atoms with Crippen LogP contribution in [0.15, 0.2) is 18.2 Å². The highest BCUT2D eigenvalue weighted by Gasteiger charge is 2.33. The summed E-state index contributed by atoms with van der Waals surface area (Å²) < 4.78 is 10.5. The van der Waals surface area contributed by atoms with Crippen molar-refractivity contribution in [1.82, 2.24) is 5.32 Å². The van der Waals surface area contributed by atoms with Gasteiger partial charge in [0.05, 0.1) is 13.1 Å². The predicted molar refractivity (Wildman–Crippen MR) is 100 cm³/mol. The number of carbonyl (C=O) groups is 3. The number of fused-ring (bicyclic) bond motifs is 1. The Bertz CT molecular complexity index is 753. The number of nitrogens with zero attached hydrogens (tertiary/aromatic N) is 1. The molecular weight excluding hydrogens is 348 g/mol. The SMILES string of the molecule is CC(C)(C)OC(=O)NCC1CN(c2ccc3c(c2)CCCCC3=O)C(=O)O1. The quantitative estimate of drug-likeness (QED) is 0.819. The largest absolute Gasteiger partial charge is 0.444 e. The van der Waals surface area contributed by atoms with E-state index in [2.05, 4.69) is 5.32 Å². The molecule has 1 aromatic carbocycles. The van der Waals surface area contributed by atoms with Crippen molar-refractivity contribution < 1.29 is 23.9 Å². The van der Waals surface area contributed by atoms with E-state index in [4.69, 9.17) is 9.47 Å². The van der Waals surface area contributed by atoms with E-state index in [1.807, 2.05) is 6.07 Å². The molecule has 2 aliphatic rings. The Morgan fingerprint density at radius 2 is 2.00 bits per heavy atom. The summed E-state index contributed by atoms with van der Waals surface area (Å²) in [5, 5.41) is 2.63. The number of benzene rings is 1. The van der Waals surface area contributed by atoms with Gasteiger partial charge in [-0.25, -0.2) is 9.59 Å². The number of carbonyl (C=O) groups excluding carboxylic acids is 3. The van der Waals surface area contributed by atoms with E-state index >= 15 is 0 Å². The van der Waals surface area contributed by atoms with Crippen LogP contribution < -0.4 is 10.2 Å². The fourth-order valence-electron chi connectivity index (χ4n) is 3.31. The number of Topliss-reactive ketones (excluding diaryl/α,β-unsaturated/α-hetero) is 1. The van der Waals surface area contributed by atoms with Gasteiger partial charge in [0.15, 0.2) is 5.78 Å². The van der Waals surface area contributed by atoms with Crippen molar-refractivity contribution in [1.29, 1.82) is 0 Å². The Labute approximate surface area is 159 Å². The molecule has 0 aromatic heterocycles. The first-order chi connectivity index (χ1) is 12.7. The Morgan fingerprint density at radius 1 is 1.26 bits per heavy atom. The summed E-state index contributed by atoms with van der Waals surface area (Å²) in [6.07, 6.45) is 1.83. The highest BCUT2D eigenvalue weighted by atomic mass is 16.6. The molecule has 1 aliphatic carbocycles. The third-order valence-electron chi connectivity index (χ3n) is 4.55. The lowest BCUT2D eigenvalue weighted by Crippen LogP contribution is -2.38. The molecule has 1 aromatic rings. The second-order valence-corrected chi connectivity index (χ2v) is 7.97. The fraction of sp³-hybridized carbons (Fsp3) is 0.550. The van der Waals surface area contributed by atoms with Crippen LogP contribution in [0.3, 0.4) is 0 Å². The lowest BCUT2D eigenvalue weighted by molar-refractivity contribution is 0.0496. The maximum Gasteiger partial charge on any atom is 0.414 e. The number of hydrogen-bond acceptors (Lipinski definition) is 5. The second kappa shape index (κ2) is 7.58. The first-order valence-corrected chi connectivity index (χ1v) is 9.34. The Balaban J connectivity index is 1.63. The van der Waals surface area contributed by atoms with Crippen molar-refractivity contribution in [3.63, 3.8) is 0 Å². The first-order valence-electron chi connectivity index (χ1n) is 9.34. The predicted octanol–water partition coefficient (Wildman–Crippen LogP) is 3.45. The third-order valence-corrected chi connectivity index (χ3v) is 4.55.